The largest absolute Gasteiger partial charge is 0.445 e. The molecular formula is C26H32N8O6. The zero-order chi connectivity index (χ0) is 28.7. The fourth-order valence-corrected chi connectivity index (χ4v) is 4.17. The number of azide groups is 2. The van der Waals surface area contributed by atoms with E-state index in [-0.39, 0.29) is 26.3 Å². The molecule has 40 heavy (non-hydrogen) atoms. The van der Waals surface area contributed by atoms with Crippen molar-refractivity contribution in [3.63, 3.8) is 0 Å². The van der Waals surface area contributed by atoms with Crippen LogP contribution >= 0.6 is 0 Å². The van der Waals surface area contributed by atoms with Crippen molar-refractivity contribution in [3.8, 4) is 0 Å². The quantitative estimate of drug-likeness (QED) is 0.306. The summed E-state index contributed by atoms with van der Waals surface area (Å²) in [5.41, 5.74) is 18.6. The summed E-state index contributed by atoms with van der Waals surface area (Å²) in [7, 11) is 0. The van der Waals surface area contributed by atoms with Crippen LogP contribution in [-0.2, 0) is 22.7 Å². The van der Waals surface area contributed by atoms with Crippen LogP contribution in [0.5, 0.6) is 0 Å². The molecule has 2 aliphatic heterocycles. The Morgan fingerprint density at radius 3 is 1.73 bits per heavy atom. The lowest BCUT2D eigenvalue weighted by atomic mass is 10.0. The second-order valence-corrected chi connectivity index (χ2v) is 9.23. The Morgan fingerprint density at radius 1 is 0.750 bits per heavy atom. The molecule has 14 nitrogen and oxygen atoms in total. The van der Waals surface area contributed by atoms with E-state index in [1.807, 2.05) is 60.7 Å². The average molecular weight is 553 g/mol. The van der Waals surface area contributed by atoms with E-state index in [4.69, 9.17) is 20.5 Å². The van der Waals surface area contributed by atoms with Crippen LogP contribution in [0.4, 0.5) is 9.59 Å². The number of benzene rings is 2. The predicted octanol–water partition coefficient (Wildman–Crippen LogP) is 4.14. The minimum Gasteiger partial charge on any atom is -0.445 e. The number of aliphatic hydroxyl groups excluding tert-OH is 2. The maximum atomic E-state index is 11.9. The van der Waals surface area contributed by atoms with Crippen molar-refractivity contribution in [3.05, 3.63) is 92.7 Å². The first-order valence-corrected chi connectivity index (χ1v) is 12.8. The summed E-state index contributed by atoms with van der Waals surface area (Å²) < 4.78 is 10.4. The molecule has 2 aromatic rings. The highest BCUT2D eigenvalue weighted by atomic mass is 16.6. The number of hydrogen-bond acceptors (Lipinski definition) is 8. The Labute approximate surface area is 231 Å². The SMILES string of the molecule is [N-]=[N+]=N[C@@H]1CCN(C(=O)OCc2ccccc2)C[C@H]1O.[N-]=[N+]=N[C@@H]1CN(C(=O)OCc2ccccc2)CC[C@H]1O. The standard InChI is InChI=1S/2C13H16N4O3/c14-16-15-11-8-17(7-6-12(11)18)13(19)20-9-10-4-2-1-3-5-10;14-16-15-11-6-7-17(8-12(11)18)13(19)20-9-10-4-2-1-3-5-10/h2*1-5,11-12,18H,6-9H2/t2*11-,12-/m11/s1. The van der Waals surface area contributed by atoms with Crippen LogP contribution in [0, 0.1) is 0 Å². The van der Waals surface area contributed by atoms with E-state index in [0.717, 1.165) is 11.1 Å². The number of amides is 2. The third-order valence-electron chi connectivity index (χ3n) is 6.42. The van der Waals surface area contributed by atoms with E-state index in [2.05, 4.69) is 20.1 Å². The fraction of sp³-hybridized carbons (Fsp3) is 0.462. The molecule has 0 aromatic heterocycles. The molecule has 2 aliphatic rings. The van der Waals surface area contributed by atoms with Gasteiger partial charge in [-0.1, -0.05) is 70.9 Å². The number of carbonyl (C=O) groups is 2. The average Bonchev–Trinajstić information content (AvgIpc) is 2.98. The van der Waals surface area contributed by atoms with Gasteiger partial charge < -0.3 is 29.5 Å². The monoisotopic (exact) mass is 552 g/mol. The van der Waals surface area contributed by atoms with Gasteiger partial charge in [0.1, 0.15) is 13.2 Å². The number of carbonyl (C=O) groups excluding carboxylic acids is 2. The molecule has 4 atom stereocenters. The predicted molar refractivity (Wildman–Crippen MR) is 144 cm³/mol. The van der Waals surface area contributed by atoms with Crippen LogP contribution in [0.2, 0.25) is 0 Å². The van der Waals surface area contributed by atoms with Gasteiger partial charge in [0.25, 0.3) is 0 Å². The van der Waals surface area contributed by atoms with Crippen LogP contribution in [0.1, 0.15) is 24.0 Å². The number of nitrogens with zero attached hydrogens (tertiary/aromatic N) is 8. The van der Waals surface area contributed by atoms with Gasteiger partial charge in [0.05, 0.1) is 30.8 Å². The number of likely N-dealkylation sites (tertiary alicyclic amines) is 2. The van der Waals surface area contributed by atoms with Crippen LogP contribution in [0.3, 0.4) is 0 Å². The lowest BCUT2D eigenvalue weighted by Crippen LogP contribution is -2.48. The fourth-order valence-electron chi connectivity index (χ4n) is 4.17. The first-order valence-electron chi connectivity index (χ1n) is 12.8. The summed E-state index contributed by atoms with van der Waals surface area (Å²) in [4.78, 5) is 32.0. The molecular weight excluding hydrogens is 520 g/mol. The highest BCUT2D eigenvalue weighted by Gasteiger charge is 2.31. The van der Waals surface area contributed by atoms with Crippen molar-refractivity contribution >= 4 is 12.2 Å². The zero-order valence-electron chi connectivity index (χ0n) is 21.8. The molecule has 2 heterocycles. The van der Waals surface area contributed by atoms with E-state index in [9.17, 15) is 19.8 Å². The highest BCUT2D eigenvalue weighted by Crippen LogP contribution is 2.17. The number of ether oxygens (including phenoxy) is 2. The van der Waals surface area contributed by atoms with E-state index >= 15 is 0 Å². The first-order chi connectivity index (χ1) is 19.4. The summed E-state index contributed by atoms with van der Waals surface area (Å²) in [6.07, 6.45) is -1.66. The molecule has 0 aliphatic carbocycles. The number of piperidine rings is 2. The Kier molecular flexibility index (Phi) is 11.9. The summed E-state index contributed by atoms with van der Waals surface area (Å²) in [6, 6.07) is 17.7. The molecule has 0 radical (unpaired) electrons. The lowest BCUT2D eigenvalue weighted by Gasteiger charge is -2.33. The van der Waals surface area contributed by atoms with E-state index in [1.54, 1.807) is 0 Å². The van der Waals surface area contributed by atoms with Gasteiger partial charge in [-0.25, -0.2) is 9.59 Å². The van der Waals surface area contributed by atoms with Crippen molar-refractivity contribution in [2.24, 2.45) is 10.2 Å². The van der Waals surface area contributed by atoms with Crippen LogP contribution in [0.15, 0.2) is 70.9 Å². The van der Waals surface area contributed by atoms with Gasteiger partial charge in [0.2, 0.25) is 0 Å². The molecule has 212 valence electrons. The molecule has 0 spiro atoms. The maximum absolute atomic E-state index is 11.9. The molecule has 14 heteroatoms. The second-order valence-electron chi connectivity index (χ2n) is 9.23. The summed E-state index contributed by atoms with van der Waals surface area (Å²) in [5, 5.41) is 26.5. The zero-order valence-corrected chi connectivity index (χ0v) is 21.8. The number of aliphatic hydroxyl groups is 2. The van der Waals surface area contributed by atoms with Gasteiger partial charge in [0.15, 0.2) is 0 Å². The van der Waals surface area contributed by atoms with E-state index in [1.165, 1.54) is 9.80 Å². The van der Waals surface area contributed by atoms with E-state index < -0.39 is 36.5 Å². The number of rotatable bonds is 6. The van der Waals surface area contributed by atoms with Crippen molar-refractivity contribution in [1.82, 2.24) is 9.80 Å². The van der Waals surface area contributed by atoms with Crippen LogP contribution < -0.4 is 0 Å². The van der Waals surface area contributed by atoms with E-state index in [0.29, 0.717) is 25.9 Å². The Hall–Kier alpha value is -4.48. The summed E-state index contributed by atoms with van der Waals surface area (Å²) >= 11 is 0. The third-order valence-corrected chi connectivity index (χ3v) is 6.42. The first kappa shape index (κ1) is 30.1. The molecule has 2 N–H and O–H groups in total. The lowest BCUT2D eigenvalue weighted by molar-refractivity contribution is 0.0361. The van der Waals surface area contributed by atoms with Gasteiger partial charge in [-0.2, -0.15) is 0 Å². The minimum atomic E-state index is -0.844. The van der Waals surface area contributed by atoms with Gasteiger partial charge in [-0.3, -0.25) is 0 Å². The minimum absolute atomic E-state index is 0.122. The Bertz CT molecular complexity index is 1190. The molecule has 0 unspecified atom stereocenters. The van der Waals surface area contributed by atoms with Crippen molar-refractivity contribution in [2.45, 2.75) is 50.3 Å². The topological polar surface area (TPSA) is 197 Å². The van der Waals surface area contributed by atoms with Crippen molar-refractivity contribution < 1.29 is 29.3 Å². The van der Waals surface area contributed by atoms with Gasteiger partial charge in [-0.05, 0) is 35.0 Å². The Balaban J connectivity index is 0.000000220. The number of hydrogen-bond donors (Lipinski definition) is 2. The van der Waals surface area contributed by atoms with Crippen molar-refractivity contribution in [1.29, 1.82) is 0 Å². The Morgan fingerprint density at radius 2 is 1.23 bits per heavy atom. The molecule has 2 fully saturated rings. The second kappa shape index (κ2) is 15.8. The third kappa shape index (κ3) is 9.37. The molecule has 2 saturated heterocycles. The highest BCUT2D eigenvalue weighted by molar-refractivity contribution is 5.68. The smallest absolute Gasteiger partial charge is 0.410 e. The number of β-amino-alcohol motifs (C(OH)–C–C–N with tert-alkyl or cyclic N) is 1. The normalized spacial score (nSPS) is 21.9. The van der Waals surface area contributed by atoms with Gasteiger partial charge >= 0.3 is 12.2 Å². The molecule has 2 amide bonds. The van der Waals surface area contributed by atoms with Crippen molar-refractivity contribution in [2.75, 3.05) is 26.2 Å². The molecule has 0 bridgehead atoms. The molecule has 0 saturated carbocycles. The van der Waals surface area contributed by atoms with Crippen LogP contribution in [-0.4, -0.2) is 82.7 Å². The maximum Gasteiger partial charge on any atom is 0.410 e. The summed E-state index contributed by atoms with van der Waals surface area (Å²) in [6.45, 7) is 1.51. The van der Waals surface area contributed by atoms with Gasteiger partial charge in [0, 0.05) is 29.5 Å². The van der Waals surface area contributed by atoms with Crippen LogP contribution in [0.25, 0.3) is 20.9 Å². The molecule has 4 rings (SSSR count). The summed E-state index contributed by atoms with van der Waals surface area (Å²) in [5.74, 6) is 0. The van der Waals surface area contributed by atoms with Gasteiger partial charge in [-0.15, -0.1) is 0 Å². The molecule has 2 aromatic carbocycles.